The third kappa shape index (κ3) is 6.02. The molecule has 186 valence electrons. The van der Waals surface area contributed by atoms with Crippen LogP contribution in [0.3, 0.4) is 0 Å². The molecule has 1 unspecified atom stereocenters. The Morgan fingerprint density at radius 3 is 2.29 bits per heavy atom. The van der Waals surface area contributed by atoms with Gasteiger partial charge in [-0.1, -0.05) is 22.0 Å². The fourth-order valence-electron chi connectivity index (χ4n) is 4.72. The summed E-state index contributed by atoms with van der Waals surface area (Å²) in [4.78, 5) is 44.5. The molecule has 0 saturated carbocycles. The van der Waals surface area contributed by atoms with Crippen LogP contribution in [0.5, 0.6) is 0 Å². The molecule has 1 saturated heterocycles. The lowest BCUT2D eigenvalue weighted by Gasteiger charge is -2.24. The van der Waals surface area contributed by atoms with Crippen LogP contribution in [0.2, 0.25) is 0 Å². The van der Waals surface area contributed by atoms with Crippen LogP contribution >= 0.6 is 15.9 Å². The summed E-state index contributed by atoms with van der Waals surface area (Å²) in [6.07, 6.45) is 2.20. The van der Waals surface area contributed by atoms with Gasteiger partial charge in [-0.3, -0.25) is 9.59 Å². The number of rotatable bonds is 4. The van der Waals surface area contributed by atoms with Crippen LogP contribution < -0.4 is 10.6 Å². The third-order valence-electron chi connectivity index (χ3n) is 6.75. The minimum absolute atomic E-state index is 0.0871. The maximum absolute atomic E-state index is 13.4. The van der Waals surface area contributed by atoms with Crippen molar-refractivity contribution in [2.45, 2.75) is 25.3 Å². The number of anilines is 2. The zero-order chi connectivity index (χ0) is 25.1. The van der Waals surface area contributed by atoms with Gasteiger partial charge in [-0.15, -0.1) is 0 Å². The lowest BCUT2D eigenvalue weighted by molar-refractivity contribution is -0.132. The van der Waals surface area contributed by atoms with E-state index in [4.69, 9.17) is 0 Å². The number of hydrogen-bond acceptors (Lipinski definition) is 4. The molecule has 2 aliphatic rings. The molecule has 0 radical (unpaired) electrons. The second-order valence-electron chi connectivity index (χ2n) is 9.55. The Labute approximate surface area is 214 Å². The molecule has 0 aliphatic carbocycles. The van der Waals surface area contributed by atoms with Crippen molar-refractivity contribution in [1.29, 1.82) is 0 Å². The van der Waals surface area contributed by atoms with E-state index in [9.17, 15) is 14.4 Å². The second kappa shape index (κ2) is 10.8. The summed E-state index contributed by atoms with van der Waals surface area (Å²) in [6.45, 7) is 2.18. The Balaban J connectivity index is 1.51. The number of carbonyl (C=O) groups excluding carboxylic acids is 3. The van der Waals surface area contributed by atoms with Gasteiger partial charge in [0.25, 0.3) is 0 Å². The monoisotopic (exact) mass is 541 g/mol. The molecule has 2 aliphatic heterocycles. The van der Waals surface area contributed by atoms with Gasteiger partial charge < -0.3 is 25.3 Å². The summed E-state index contributed by atoms with van der Waals surface area (Å²) in [5.74, 6) is -0.800. The number of benzene rings is 2. The van der Waals surface area contributed by atoms with Gasteiger partial charge in [0.05, 0.1) is 5.92 Å². The van der Waals surface area contributed by atoms with E-state index in [0.29, 0.717) is 11.4 Å². The molecule has 0 bridgehead atoms. The van der Waals surface area contributed by atoms with E-state index in [1.54, 1.807) is 26.2 Å². The van der Waals surface area contributed by atoms with E-state index in [1.165, 1.54) is 20.9 Å². The van der Waals surface area contributed by atoms with Crippen LogP contribution in [0.15, 0.2) is 46.9 Å². The highest BCUT2D eigenvalue weighted by atomic mass is 79.9. The maximum Gasteiger partial charge on any atom is 0.322 e. The summed E-state index contributed by atoms with van der Waals surface area (Å²) < 4.78 is 0.901. The van der Waals surface area contributed by atoms with Crippen molar-refractivity contribution < 1.29 is 14.4 Å². The number of carbonyl (C=O) groups is 3. The van der Waals surface area contributed by atoms with E-state index < -0.39 is 18.0 Å². The van der Waals surface area contributed by atoms with Gasteiger partial charge >= 0.3 is 6.03 Å². The lowest BCUT2D eigenvalue weighted by Crippen LogP contribution is -2.45. The Kier molecular flexibility index (Phi) is 7.76. The van der Waals surface area contributed by atoms with Gasteiger partial charge in [-0.2, -0.15) is 0 Å². The van der Waals surface area contributed by atoms with Crippen LogP contribution in [0.4, 0.5) is 16.2 Å². The number of hydrogen-bond donors (Lipinski definition) is 2. The third-order valence-corrected chi connectivity index (χ3v) is 7.28. The van der Waals surface area contributed by atoms with E-state index in [-0.39, 0.29) is 24.8 Å². The average molecular weight is 542 g/mol. The van der Waals surface area contributed by atoms with Crippen molar-refractivity contribution in [3.63, 3.8) is 0 Å². The number of nitrogens with zero attached hydrogens (tertiary/aromatic N) is 3. The topological polar surface area (TPSA) is 85.0 Å². The number of fused-ring (bicyclic) bond motifs is 1. The molecule has 8 nitrogen and oxygen atoms in total. The van der Waals surface area contributed by atoms with Crippen molar-refractivity contribution in [2.75, 3.05) is 51.4 Å². The fraction of sp³-hybridized carbons (Fsp3) is 0.423. The first kappa shape index (κ1) is 25.2. The molecule has 0 spiro atoms. The summed E-state index contributed by atoms with van der Waals surface area (Å²) in [5.41, 5.74) is 3.88. The first-order chi connectivity index (χ1) is 16.7. The Morgan fingerprint density at radius 2 is 1.60 bits per heavy atom. The molecule has 2 atom stereocenters. The van der Waals surface area contributed by atoms with Crippen LogP contribution in [0.1, 0.15) is 17.5 Å². The number of nitrogens with one attached hydrogen (secondary N) is 2. The highest BCUT2D eigenvalue weighted by molar-refractivity contribution is 9.10. The van der Waals surface area contributed by atoms with Gasteiger partial charge in [0.1, 0.15) is 6.04 Å². The molecular weight excluding hydrogens is 510 g/mol. The van der Waals surface area contributed by atoms with Crippen LogP contribution in [-0.4, -0.2) is 79.4 Å². The molecule has 4 rings (SSSR count). The first-order valence-electron chi connectivity index (χ1n) is 11.9. The highest BCUT2D eigenvalue weighted by Gasteiger charge is 2.43. The summed E-state index contributed by atoms with van der Waals surface area (Å²) in [6, 6.07) is 12.1. The predicted molar refractivity (Wildman–Crippen MR) is 140 cm³/mol. The second-order valence-corrected chi connectivity index (χ2v) is 10.5. The first-order valence-corrected chi connectivity index (χ1v) is 12.7. The molecule has 2 aromatic carbocycles. The SMILES string of the molecule is CN1CCc2ccc(NC(=O)[C@H]3CC(C(=O)N(C)C)CN3C(=O)Nc3ccc(Br)cc3)cc2CC1. The Morgan fingerprint density at radius 1 is 0.943 bits per heavy atom. The van der Waals surface area contributed by atoms with Crippen molar-refractivity contribution in [3.8, 4) is 0 Å². The smallest absolute Gasteiger partial charge is 0.322 e. The lowest BCUT2D eigenvalue weighted by atomic mass is 10.0. The quantitative estimate of drug-likeness (QED) is 0.620. The molecule has 9 heteroatoms. The van der Waals surface area contributed by atoms with Crippen LogP contribution in [-0.2, 0) is 22.4 Å². The van der Waals surface area contributed by atoms with E-state index in [1.807, 2.05) is 24.3 Å². The van der Waals surface area contributed by atoms with E-state index in [0.717, 1.165) is 30.4 Å². The zero-order valence-electron chi connectivity index (χ0n) is 20.4. The molecule has 2 aromatic rings. The highest BCUT2D eigenvalue weighted by Crippen LogP contribution is 2.28. The number of urea groups is 1. The molecule has 1 fully saturated rings. The van der Waals surface area contributed by atoms with Crippen LogP contribution in [0.25, 0.3) is 0 Å². The Bertz CT molecular complexity index is 1100. The summed E-state index contributed by atoms with van der Waals surface area (Å²) in [7, 11) is 5.50. The van der Waals surface area contributed by atoms with Gasteiger partial charge in [0.15, 0.2) is 0 Å². The minimum atomic E-state index is -0.746. The summed E-state index contributed by atoms with van der Waals surface area (Å²) >= 11 is 3.38. The number of likely N-dealkylation sites (N-methyl/N-ethyl adjacent to an activating group) is 1. The number of amides is 4. The Hall–Kier alpha value is -2.91. The molecule has 2 heterocycles. The number of halogens is 1. The normalized spacial score (nSPS) is 20.1. The molecule has 4 amide bonds. The molecule has 35 heavy (non-hydrogen) atoms. The fourth-order valence-corrected chi connectivity index (χ4v) is 4.99. The maximum atomic E-state index is 13.4. The standard InChI is InChI=1S/C26H32BrN5O3/c1-30(2)25(34)19-15-23(32(16-19)26(35)29-21-8-5-20(27)6-9-21)24(33)28-22-7-4-17-10-12-31(3)13-11-18(17)14-22/h4-9,14,19,23H,10-13,15-16H2,1-3H3,(H,28,33)(H,29,35)/t19?,23-/m1/s1. The molecule has 0 aromatic heterocycles. The van der Waals surface area contributed by atoms with E-state index >= 15 is 0 Å². The average Bonchev–Trinajstić information content (AvgIpc) is 3.20. The minimum Gasteiger partial charge on any atom is -0.349 e. The largest absolute Gasteiger partial charge is 0.349 e. The van der Waals surface area contributed by atoms with Crippen molar-refractivity contribution in [1.82, 2.24) is 14.7 Å². The van der Waals surface area contributed by atoms with Gasteiger partial charge in [-0.25, -0.2) is 4.79 Å². The summed E-state index contributed by atoms with van der Waals surface area (Å²) in [5, 5.41) is 5.86. The van der Waals surface area contributed by atoms with Gasteiger partial charge in [-0.05, 0) is 73.8 Å². The van der Waals surface area contributed by atoms with Crippen molar-refractivity contribution in [3.05, 3.63) is 58.1 Å². The van der Waals surface area contributed by atoms with Crippen molar-refractivity contribution in [2.24, 2.45) is 5.92 Å². The van der Waals surface area contributed by atoms with E-state index in [2.05, 4.69) is 44.6 Å². The molecular formula is C26H32BrN5O3. The van der Waals surface area contributed by atoms with Crippen LogP contribution in [0, 0.1) is 5.92 Å². The van der Waals surface area contributed by atoms with Crippen molar-refractivity contribution >= 4 is 45.2 Å². The predicted octanol–water partition coefficient (Wildman–Crippen LogP) is 3.43. The zero-order valence-corrected chi connectivity index (χ0v) is 22.0. The van der Waals surface area contributed by atoms with Gasteiger partial charge in [0, 0.05) is 49.6 Å². The van der Waals surface area contributed by atoms with Gasteiger partial charge in [0.2, 0.25) is 11.8 Å². The molecule has 2 N–H and O–H groups in total. The number of likely N-dealkylation sites (tertiary alicyclic amines) is 1.